The molecule has 2 heterocycles. The Kier molecular flexibility index (Phi) is 10.5. The minimum absolute atomic E-state index is 0.0853. The summed E-state index contributed by atoms with van der Waals surface area (Å²) in [5.74, 6) is -0.622. The number of carbonyl (C=O) groups excluding carboxylic acids is 4. The second-order valence-electron chi connectivity index (χ2n) is 13.2. The van der Waals surface area contributed by atoms with Crippen LogP contribution in [0.5, 0.6) is 11.6 Å². The fourth-order valence-corrected chi connectivity index (χ4v) is 6.24. The van der Waals surface area contributed by atoms with Gasteiger partial charge in [0.1, 0.15) is 29.3 Å². The van der Waals surface area contributed by atoms with E-state index in [2.05, 4.69) is 32.0 Å². The molecular formula is C35H41ClN6O6. The molecule has 0 spiro atoms. The highest BCUT2D eigenvalue weighted by Gasteiger charge is 2.43. The van der Waals surface area contributed by atoms with E-state index in [9.17, 15) is 19.2 Å². The first-order chi connectivity index (χ1) is 22.8. The van der Waals surface area contributed by atoms with Gasteiger partial charge in [-0.05, 0) is 66.0 Å². The molecule has 1 aliphatic heterocycles. The highest BCUT2D eigenvalue weighted by atomic mass is 35.5. The van der Waals surface area contributed by atoms with Crippen molar-refractivity contribution in [2.45, 2.75) is 84.2 Å². The number of aromatic nitrogens is 2. The third-order valence-corrected chi connectivity index (χ3v) is 8.87. The van der Waals surface area contributed by atoms with Gasteiger partial charge in [0.15, 0.2) is 6.10 Å². The van der Waals surface area contributed by atoms with Gasteiger partial charge >= 0.3 is 6.09 Å². The minimum atomic E-state index is -1.16. The SMILES string of the molecule is CNC(=O)OC(C)C(=O)NC(C(=O)N1Cc2cc(Oc3cc(Cl)ncn3)ccc2C[C@H]1C(=O)N[C@@H]1CCCc2ccccc21)C(C)(C)C. The van der Waals surface area contributed by atoms with Crippen LogP contribution in [0.25, 0.3) is 0 Å². The maximum atomic E-state index is 14.6. The van der Waals surface area contributed by atoms with Crippen molar-refractivity contribution in [3.05, 3.63) is 82.3 Å². The summed E-state index contributed by atoms with van der Waals surface area (Å²) >= 11 is 6.01. The molecule has 1 aromatic heterocycles. The first-order valence-corrected chi connectivity index (χ1v) is 16.4. The van der Waals surface area contributed by atoms with Gasteiger partial charge in [0.2, 0.25) is 17.7 Å². The normalized spacial score (nSPS) is 18.3. The largest absolute Gasteiger partial charge is 0.439 e. The van der Waals surface area contributed by atoms with E-state index in [-0.39, 0.29) is 35.9 Å². The zero-order valence-electron chi connectivity index (χ0n) is 27.7. The van der Waals surface area contributed by atoms with Gasteiger partial charge in [-0.2, -0.15) is 0 Å². The van der Waals surface area contributed by atoms with Crippen molar-refractivity contribution in [1.29, 1.82) is 0 Å². The van der Waals surface area contributed by atoms with Crippen LogP contribution in [0.2, 0.25) is 5.15 Å². The number of halogens is 1. The number of amides is 4. The van der Waals surface area contributed by atoms with Gasteiger partial charge in [0.05, 0.1) is 6.04 Å². The molecule has 2 unspecified atom stereocenters. The smallest absolute Gasteiger partial charge is 0.407 e. The number of rotatable bonds is 8. The molecule has 4 atom stereocenters. The Morgan fingerprint density at radius 2 is 1.79 bits per heavy atom. The van der Waals surface area contributed by atoms with Gasteiger partial charge in [-0.1, -0.05) is 62.7 Å². The first-order valence-electron chi connectivity index (χ1n) is 16.0. The Morgan fingerprint density at radius 3 is 2.52 bits per heavy atom. The number of nitrogens with one attached hydrogen (secondary N) is 3. The minimum Gasteiger partial charge on any atom is -0.439 e. The van der Waals surface area contributed by atoms with Crippen molar-refractivity contribution in [2.24, 2.45) is 5.41 Å². The lowest BCUT2D eigenvalue weighted by atomic mass is 9.83. The number of aryl methyl sites for hydroxylation is 1. The summed E-state index contributed by atoms with van der Waals surface area (Å²) in [6.45, 7) is 6.99. The van der Waals surface area contributed by atoms with Crippen LogP contribution < -0.4 is 20.7 Å². The van der Waals surface area contributed by atoms with Gasteiger partial charge in [-0.25, -0.2) is 14.8 Å². The Balaban J connectivity index is 1.46. The van der Waals surface area contributed by atoms with Gasteiger partial charge in [0.25, 0.3) is 5.91 Å². The summed E-state index contributed by atoms with van der Waals surface area (Å²) in [7, 11) is 1.39. The quantitative estimate of drug-likeness (QED) is 0.292. The molecule has 5 rings (SSSR count). The lowest BCUT2D eigenvalue weighted by molar-refractivity contribution is -0.148. The maximum Gasteiger partial charge on any atom is 0.407 e. The van der Waals surface area contributed by atoms with Crippen LogP contribution in [0.3, 0.4) is 0 Å². The Labute approximate surface area is 284 Å². The van der Waals surface area contributed by atoms with Gasteiger partial charge in [-0.3, -0.25) is 14.4 Å². The molecule has 0 radical (unpaired) electrons. The number of hydrogen-bond donors (Lipinski definition) is 3. The monoisotopic (exact) mass is 676 g/mol. The predicted octanol–water partition coefficient (Wildman–Crippen LogP) is 4.64. The molecule has 3 aromatic rings. The van der Waals surface area contributed by atoms with E-state index < -0.39 is 41.5 Å². The molecule has 2 aliphatic rings. The summed E-state index contributed by atoms with van der Waals surface area (Å²) in [5.41, 5.74) is 3.20. The topological polar surface area (TPSA) is 152 Å². The van der Waals surface area contributed by atoms with Crippen molar-refractivity contribution in [2.75, 3.05) is 7.05 Å². The Morgan fingerprint density at radius 1 is 1.02 bits per heavy atom. The molecule has 13 heteroatoms. The second kappa shape index (κ2) is 14.6. The van der Waals surface area contributed by atoms with Crippen LogP contribution >= 0.6 is 11.6 Å². The van der Waals surface area contributed by atoms with Crippen molar-refractivity contribution >= 4 is 35.4 Å². The number of fused-ring (bicyclic) bond motifs is 2. The fourth-order valence-electron chi connectivity index (χ4n) is 6.10. The van der Waals surface area contributed by atoms with Crippen LogP contribution in [-0.2, 0) is 38.5 Å². The van der Waals surface area contributed by atoms with E-state index in [1.807, 2.05) is 45.0 Å². The Hall–Kier alpha value is -4.71. The average Bonchev–Trinajstić information content (AvgIpc) is 3.05. The summed E-state index contributed by atoms with van der Waals surface area (Å²) in [4.78, 5) is 63.2. The molecule has 0 saturated carbocycles. The van der Waals surface area contributed by atoms with Crippen LogP contribution in [-0.4, -0.2) is 63.9 Å². The highest BCUT2D eigenvalue weighted by Crippen LogP contribution is 2.34. The predicted molar refractivity (Wildman–Crippen MR) is 178 cm³/mol. The molecule has 4 amide bonds. The maximum absolute atomic E-state index is 14.6. The summed E-state index contributed by atoms with van der Waals surface area (Å²) in [6, 6.07) is 13.0. The van der Waals surface area contributed by atoms with Gasteiger partial charge in [0, 0.05) is 26.1 Å². The molecule has 12 nitrogen and oxygen atoms in total. The van der Waals surface area contributed by atoms with E-state index in [4.69, 9.17) is 21.1 Å². The van der Waals surface area contributed by atoms with E-state index in [1.54, 1.807) is 12.1 Å². The van der Waals surface area contributed by atoms with E-state index in [1.165, 1.54) is 36.8 Å². The molecular weight excluding hydrogens is 636 g/mol. The first kappa shape index (κ1) is 34.6. The van der Waals surface area contributed by atoms with E-state index >= 15 is 0 Å². The van der Waals surface area contributed by atoms with Gasteiger partial charge < -0.3 is 30.3 Å². The van der Waals surface area contributed by atoms with E-state index in [0.717, 1.165) is 36.0 Å². The highest BCUT2D eigenvalue weighted by molar-refractivity contribution is 6.29. The molecule has 0 fully saturated rings. The van der Waals surface area contributed by atoms with Crippen LogP contribution in [0.15, 0.2) is 54.9 Å². The fraction of sp³-hybridized carbons (Fsp3) is 0.429. The summed E-state index contributed by atoms with van der Waals surface area (Å²) in [5, 5.41) is 8.58. The standard InChI is InChI=1S/C35H41ClN6O6/c1-20(47-34(46)37-5)31(43)41-30(35(2,3)4)33(45)42-18-23-15-24(48-29-17-28(36)38-19-39-29)14-13-22(23)16-27(42)32(44)40-26-12-8-10-21-9-6-7-11-25(21)26/h6-7,9,11,13-15,17,19-20,26-27,30H,8,10,12,16,18H2,1-5H3,(H,37,46)(H,40,44)(H,41,43)/t20?,26-,27+,30?/m1/s1. The lowest BCUT2D eigenvalue weighted by Crippen LogP contribution is -2.61. The molecule has 254 valence electrons. The molecule has 2 aromatic carbocycles. The third-order valence-electron chi connectivity index (χ3n) is 8.67. The number of ether oxygens (including phenoxy) is 2. The zero-order chi connectivity index (χ0) is 34.6. The van der Waals surface area contributed by atoms with Gasteiger partial charge in [-0.15, -0.1) is 0 Å². The molecule has 1 aliphatic carbocycles. The van der Waals surface area contributed by atoms with Crippen molar-refractivity contribution in [1.82, 2.24) is 30.8 Å². The van der Waals surface area contributed by atoms with Crippen molar-refractivity contribution < 1.29 is 28.7 Å². The number of nitrogens with zero attached hydrogens (tertiary/aromatic N) is 3. The molecule has 0 saturated heterocycles. The second-order valence-corrected chi connectivity index (χ2v) is 13.5. The molecule has 3 N–H and O–H groups in total. The molecule has 0 bridgehead atoms. The zero-order valence-corrected chi connectivity index (χ0v) is 28.5. The van der Waals surface area contributed by atoms with Crippen molar-refractivity contribution in [3.63, 3.8) is 0 Å². The van der Waals surface area contributed by atoms with Crippen molar-refractivity contribution in [3.8, 4) is 11.6 Å². The lowest BCUT2D eigenvalue weighted by Gasteiger charge is -2.41. The van der Waals surface area contributed by atoms with Crippen LogP contribution in [0.4, 0.5) is 4.79 Å². The third kappa shape index (κ3) is 8.04. The number of hydrogen-bond acceptors (Lipinski definition) is 8. The number of carbonyl (C=O) groups is 4. The molecule has 48 heavy (non-hydrogen) atoms. The van der Waals surface area contributed by atoms with E-state index in [0.29, 0.717) is 5.75 Å². The summed E-state index contributed by atoms with van der Waals surface area (Å²) in [6.07, 6.45) is 2.29. The van der Waals surface area contributed by atoms with Crippen LogP contribution in [0, 0.1) is 5.41 Å². The Bertz CT molecular complexity index is 1690. The van der Waals surface area contributed by atoms with Crippen LogP contribution in [0.1, 0.15) is 68.8 Å². The average molecular weight is 677 g/mol. The number of benzene rings is 2. The summed E-state index contributed by atoms with van der Waals surface area (Å²) < 4.78 is 11.0. The number of alkyl carbamates (subject to hydrolysis) is 1.